The summed E-state index contributed by atoms with van der Waals surface area (Å²) in [5.74, 6) is -2.68. The Hall–Kier alpha value is -2.06. The molecule has 24 heavy (non-hydrogen) atoms. The third-order valence-electron chi connectivity index (χ3n) is 3.80. The van der Waals surface area contributed by atoms with Gasteiger partial charge in [0, 0.05) is 4.75 Å². The van der Waals surface area contributed by atoms with E-state index in [4.69, 9.17) is 0 Å². The summed E-state index contributed by atoms with van der Waals surface area (Å²) in [5, 5.41) is 23.2. The molecule has 0 saturated carbocycles. The molecule has 4 N–H and O–H groups in total. The van der Waals surface area contributed by atoms with E-state index >= 15 is 0 Å². The van der Waals surface area contributed by atoms with E-state index in [1.54, 1.807) is 38.1 Å². The number of hydrogen-bond donors (Lipinski definition) is 4. The maximum atomic E-state index is 12.1. The van der Waals surface area contributed by atoms with Crippen LogP contribution in [0.5, 0.6) is 0 Å². The fourth-order valence-corrected chi connectivity index (χ4v) is 4.08. The molecule has 2 rings (SSSR count). The number of nitrogens with one attached hydrogen (secondary N) is 2. The molecule has 1 unspecified atom stereocenters. The second-order valence-electron chi connectivity index (χ2n) is 6.13. The predicted octanol–water partition coefficient (Wildman–Crippen LogP) is 0.693. The van der Waals surface area contributed by atoms with E-state index in [1.165, 1.54) is 11.8 Å². The van der Waals surface area contributed by atoms with Crippen molar-refractivity contribution in [2.24, 2.45) is 0 Å². The van der Waals surface area contributed by atoms with E-state index in [2.05, 4.69) is 10.6 Å². The van der Waals surface area contributed by atoms with Crippen LogP contribution in [-0.2, 0) is 20.8 Å². The molecule has 1 aromatic carbocycles. The summed E-state index contributed by atoms with van der Waals surface area (Å²) in [5.41, 5.74) is 0.773. The van der Waals surface area contributed by atoms with Crippen molar-refractivity contribution in [2.75, 3.05) is 0 Å². The molecular weight excluding hydrogens is 332 g/mol. The fourth-order valence-electron chi connectivity index (χ4n) is 2.60. The number of benzene rings is 1. The Kier molecular flexibility index (Phi) is 5.51. The average molecular weight is 352 g/mol. The molecule has 1 saturated heterocycles. The Morgan fingerprint density at radius 3 is 2.38 bits per heavy atom. The van der Waals surface area contributed by atoms with Gasteiger partial charge in [0.15, 0.2) is 6.04 Å². The van der Waals surface area contributed by atoms with E-state index in [9.17, 15) is 24.6 Å². The molecule has 7 nitrogen and oxygen atoms in total. The Labute approximate surface area is 143 Å². The lowest BCUT2D eigenvalue weighted by Crippen LogP contribution is -2.54. The molecule has 1 amide bonds. The van der Waals surface area contributed by atoms with Crippen molar-refractivity contribution in [1.82, 2.24) is 10.6 Å². The van der Waals surface area contributed by atoms with Gasteiger partial charge in [-0.3, -0.25) is 14.9 Å². The second kappa shape index (κ2) is 7.23. The molecule has 1 aliphatic rings. The van der Waals surface area contributed by atoms with Crippen molar-refractivity contribution in [1.29, 1.82) is 0 Å². The van der Waals surface area contributed by atoms with Crippen LogP contribution in [0.4, 0.5) is 0 Å². The van der Waals surface area contributed by atoms with Gasteiger partial charge in [-0.2, -0.15) is 0 Å². The highest BCUT2D eigenvalue weighted by Crippen LogP contribution is 2.39. The maximum Gasteiger partial charge on any atom is 0.328 e. The molecule has 1 fully saturated rings. The third kappa shape index (κ3) is 4.27. The molecule has 0 aromatic heterocycles. The zero-order valence-electron chi connectivity index (χ0n) is 13.4. The lowest BCUT2D eigenvalue weighted by atomic mass is 10.0. The number of carbonyl (C=O) groups is 3. The summed E-state index contributed by atoms with van der Waals surface area (Å²) >= 11 is 1.20. The first kappa shape index (κ1) is 18.3. The molecule has 3 atom stereocenters. The molecule has 0 spiro atoms. The topological polar surface area (TPSA) is 116 Å². The summed E-state index contributed by atoms with van der Waals surface area (Å²) in [6, 6.07) is 6.88. The normalized spacial score (nSPS) is 23.4. The largest absolute Gasteiger partial charge is 0.480 e. The van der Waals surface area contributed by atoms with Crippen LogP contribution in [0.15, 0.2) is 30.3 Å². The summed E-state index contributed by atoms with van der Waals surface area (Å²) in [6.45, 7) is 3.46. The SMILES string of the molecule is CC1(C)S[C@H]([C@H](NC(=O)Cc2ccccc2)C(=O)O)NC1C(=O)O. The summed E-state index contributed by atoms with van der Waals surface area (Å²) in [4.78, 5) is 35.0. The van der Waals surface area contributed by atoms with Crippen LogP contribution < -0.4 is 10.6 Å². The minimum Gasteiger partial charge on any atom is -0.480 e. The molecule has 1 aromatic rings. The van der Waals surface area contributed by atoms with Gasteiger partial charge in [-0.1, -0.05) is 30.3 Å². The van der Waals surface area contributed by atoms with Gasteiger partial charge in [0.1, 0.15) is 6.04 Å². The standard InChI is InChI=1S/C16H20N2O5S/c1-16(2)12(15(22)23)18-13(24-16)11(14(20)21)17-10(19)8-9-6-4-3-5-7-9/h3-7,11-13,18H,8H2,1-2H3,(H,17,19)(H,20,21)(H,22,23)/t11-,12?,13+/m0/s1. The van der Waals surface area contributed by atoms with Gasteiger partial charge in [0.05, 0.1) is 11.8 Å². The molecule has 130 valence electrons. The Balaban J connectivity index is 2.06. The maximum absolute atomic E-state index is 12.1. The molecule has 0 bridgehead atoms. The van der Waals surface area contributed by atoms with Gasteiger partial charge in [-0.25, -0.2) is 4.79 Å². The van der Waals surface area contributed by atoms with E-state index < -0.39 is 40.1 Å². The molecule has 8 heteroatoms. The van der Waals surface area contributed by atoms with Crippen LogP contribution in [0, 0.1) is 0 Å². The van der Waals surface area contributed by atoms with Crippen LogP contribution in [0.1, 0.15) is 19.4 Å². The van der Waals surface area contributed by atoms with Crippen molar-refractivity contribution in [3.05, 3.63) is 35.9 Å². The number of rotatable bonds is 6. The fraction of sp³-hybridized carbons (Fsp3) is 0.438. The lowest BCUT2D eigenvalue weighted by molar-refractivity contribution is -0.143. The van der Waals surface area contributed by atoms with Crippen molar-refractivity contribution in [2.45, 2.75) is 42.5 Å². The first-order valence-corrected chi connectivity index (χ1v) is 8.31. The van der Waals surface area contributed by atoms with Crippen molar-refractivity contribution < 1.29 is 24.6 Å². The zero-order chi connectivity index (χ0) is 17.9. The number of carbonyl (C=O) groups excluding carboxylic acids is 1. The van der Waals surface area contributed by atoms with E-state index in [-0.39, 0.29) is 6.42 Å². The van der Waals surface area contributed by atoms with E-state index in [0.29, 0.717) is 0 Å². The Morgan fingerprint density at radius 1 is 1.25 bits per heavy atom. The van der Waals surface area contributed by atoms with Crippen molar-refractivity contribution in [3.63, 3.8) is 0 Å². The van der Waals surface area contributed by atoms with Crippen molar-refractivity contribution >= 4 is 29.6 Å². The van der Waals surface area contributed by atoms with Gasteiger partial charge in [0.25, 0.3) is 0 Å². The molecule has 1 aliphatic heterocycles. The van der Waals surface area contributed by atoms with Gasteiger partial charge >= 0.3 is 11.9 Å². The predicted molar refractivity (Wildman–Crippen MR) is 89.7 cm³/mol. The number of aliphatic carboxylic acids is 2. The Morgan fingerprint density at radius 2 is 1.88 bits per heavy atom. The molecule has 0 radical (unpaired) electrons. The minimum atomic E-state index is -1.21. The molecular formula is C16H20N2O5S. The number of carboxylic acid groups (broad SMARTS) is 2. The first-order chi connectivity index (χ1) is 11.2. The zero-order valence-corrected chi connectivity index (χ0v) is 14.2. The highest BCUT2D eigenvalue weighted by molar-refractivity contribution is 8.01. The summed E-state index contributed by atoms with van der Waals surface area (Å²) in [7, 11) is 0. The monoisotopic (exact) mass is 352 g/mol. The summed E-state index contributed by atoms with van der Waals surface area (Å²) < 4.78 is -0.686. The van der Waals surface area contributed by atoms with E-state index in [0.717, 1.165) is 5.56 Å². The van der Waals surface area contributed by atoms with Crippen LogP contribution in [0.25, 0.3) is 0 Å². The lowest BCUT2D eigenvalue weighted by Gasteiger charge is -2.22. The average Bonchev–Trinajstić information content (AvgIpc) is 2.81. The van der Waals surface area contributed by atoms with Crippen LogP contribution in [0.3, 0.4) is 0 Å². The van der Waals surface area contributed by atoms with E-state index in [1.807, 2.05) is 6.07 Å². The van der Waals surface area contributed by atoms with Crippen molar-refractivity contribution in [3.8, 4) is 0 Å². The Bertz CT molecular complexity index is 635. The van der Waals surface area contributed by atoms with Crippen LogP contribution in [-0.4, -0.2) is 50.3 Å². The van der Waals surface area contributed by atoms with Gasteiger partial charge in [-0.05, 0) is 19.4 Å². The highest BCUT2D eigenvalue weighted by atomic mass is 32.2. The third-order valence-corrected chi connectivity index (χ3v) is 5.30. The van der Waals surface area contributed by atoms with Gasteiger partial charge < -0.3 is 15.5 Å². The quantitative estimate of drug-likeness (QED) is 0.595. The first-order valence-electron chi connectivity index (χ1n) is 7.43. The smallest absolute Gasteiger partial charge is 0.328 e. The number of hydrogen-bond acceptors (Lipinski definition) is 5. The number of thioether (sulfide) groups is 1. The summed E-state index contributed by atoms with van der Waals surface area (Å²) in [6.07, 6.45) is 0.0633. The van der Waals surface area contributed by atoms with Crippen LogP contribution >= 0.6 is 11.8 Å². The number of carboxylic acids is 2. The molecule has 0 aliphatic carbocycles. The molecule has 1 heterocycles. The second-order valence-corrected chi connectivity index (χ2v) is 7.92. The van der Waals surface area contributed by atoms with Gasteiger partial charge in [-0.15, -0.1) is 11.8 Å². The minimum absolute atomic E-state index is 0.0633. The van der Waals surface area contributed by atoms with Crippen LogP contribution in [0.2, 0.25) is 0 Å². The highest BCUT2D eigenvalue weighted by Gasteiger charge is 2.49. The number of amides is 1. The van der Waals surface area contributed by atoms with Gasteiger partial charge in [0.2, 0.25) is 5.91 Å².